The third-order valence-electron chi connectivity index (χ3n) is 3.11. The van der Waals surface area contributed by atoms with E-state index in [9.17, 15) is 0 Å². The van der Waals surface area contributed by atoms with E-state index in [4.69, 9.17) is 22.1 Å². The molecule has 1 unspecified atom stereocenters. The van der Waals surface area contributed by atoms with Gasteiger partial charge in [-0.15, -0.1) is 0 Å². The van der Waals surface area contributed by atoms with Crippen molar-refractivity contribution in [3.05, 3.63) is 34.3 Å². The lowest BCUT2D eigenvalue weighted by atomic mass is 9.96. The number of hydrogen-bond acceptors (Lipinski definition) is 2. The summed E-state index contributed by atoms with van der Waals surface area (Å²) in [5, 5.41) is 0.790. The summed E-state index contributed by atoms with van der Waals surface area (Å²) >= 11 is 5.96. The zero-order valence-corrected chi connectivity index (χ0v) is 9.68. The molecule has 0 saturated heterocycles. The number of ether oxygens (including phenoxy) is 1. The number of benzene rings is 1. The van der Waals surface area contributed by atoms with Gasteiger partial charge in [-0.25, -0.2) is 0 Å². The van der Waals surface area contributed by atoms with E-state index < -0.39 is 0 Å². The molecule has 0 amide bonds. The molecular weight excluding hydrogens is 210 g/mol. The van der Waals surface area contributed by atoms with Crippen LogP contribution in [0.25, 0.3) is 0 Å². The first-order chi connectivity index (χ1) is 7.22. The average Bonchev–Trinajstić information content (AvgIpc) is 2.58. The smallest absolute Gasteiger partial charge is 0.106 e. The Morgan fingerprint density at radius 3 is 3.00 bits per heavy atom. The van der Waals surface area contributed by atoms with E-state index in [2.05, 4.69) is 0 Å². The minimum Gasteiger partial charge on any atom is -0.369 e. The topological polar surface area (TPSA) is 35.2 Å². The minimum absolute atomic E-state index is 0.269. The standard InChI is InChI=1S/C12H16ClNO/c1-2-15-12(8-14)6-5-9-7-10(13)3-4-11(9)12/h3-4,7H,2,5-6,8,14H2,1H3. The highest BCUT2D eigenvalue weighted by Crippen LogP contribution is 2.40. The molecule has 1 aliphatic rings. The molecule has 0 saturated carbocycles. The molecular formula is C12H16ClNO. The second-order valence-electron chi connectivity index (χ2n) is 3.93. The Labute approximate surface area is 95.4 Å². The van der Waals surface area contributed by atoms with Crippen LogP contribution in [0.1, 0.15) is 24.5 Å². The maximum Gasteiger partial charge on any atom is 0.106 e. The van der Waals surface area contributed by atoms with Crippen LogP contribution in [0.2, 0.25) is 5.02 Å². The van der Waals surface area contributed by atoms with Gasteiger partial charge in [0.2, 0.25) is 0 Å². The molecule has 0 aliphatic heterocycles. The molecule has 2 N–H and O–H groups in total. The van der Waals surface area contributed by atoms with Crippen molar-refractivity contribution < 1.29 is 4.74 Å². The Balaban J connectivity index is 2.41. The molecule has 1 aliphatic carbocycles. The van der Waals surface area contributed by atoms with Gasteiger partial charge < -0.3 is 10.5 Å². The van der Waals surface area contributed by atoms with Crippen molar-refractivity contribution in [1.82, 2.24) is 0 Å². The SMILES string of the molecule is CCOC1(CN)CCc2cc(Cl)ccc21. The van der Waals surface area contributed by atoms with Crippen LogP contribution in [0, 0.1) is 0 Å². The molecule has 82 valence electrons. The normalized spacial score (nSPS) is 24.2. The van der Waals surface area contributed by atoms with Crippen molar-refractivity contribution >= 4 is 11.6 Å². The second-order valence-corrected chi connectivity index (χ2v) is 4.37. The molecule has 1 atom stereocenters. The molecule has 15 heavy (non-hydrogen) atoms. The van der Waals surface area contributed by atoms with E-state index in [1.807, 2.05) is 25.1 Å². The van der Waals surface area contributed by atoms with Gasteiger partial charge >= 0.3 is 0 Å². The van der Waals surface area contributed by atoms with Crippen molar-refractivity contribution in [2.45, 2.75) is 25.4 Å². The molecule has 0 spiro atoms. The maximum atomic E-state index is 5.96. The van der Waals surface area contributed by atoms with E-state index >= 15 is 0 Å². The molecule has 1 aromatic rings. The van der Waals surface area contributed by atoms with E-state index in [1.54, 1.807) is 0 Å². The predicted octanol–water partition coefficient (Wildman–Crippen LogP) is 2.48. The quantitative estimate of drug-likeness (QED) is 0.858. The maximum absolute atomic E-state index is 5.96. The van der Waals surface area contributed by atoms with Gasteiger partial charge in [-0.1, -0.05) is 17.7 Å². The van der Waals surface area contributed by atoms with Crippen molar-refractivity contribution in [2.24, 2.45) is 5.73 Å². The summed E-state index contributed by atoms with van der Waals surface area (Å²) in [7, 11) is 0. The lowest BCUT2D eigenvalue weighted by molar-refractivity contribution is -0.0355. The summed E-state index contributed by atoms with van der Waals surface area (Å²) in [6.07, 6.45) is 1.97. The van der Waals surface area contributed by atoms with Crippen LogP contribution in [0.3, 0.4) is 0 Å². The third kappa shape index (κ3) is 1.78. The number of fused-ring (bicyclic) bond motifs is 1. The molecule has 1 aromatic carbocycles. The molecule has 2 rings (SSSR count). The molecule has 0 fully saturated rings. The lowest BCUT2D eigenvalue weighted by Crippen LogP contribution is -2.35. The third-order valence-corrected chi connectivity index (χ3v) is 3.34. The van der Waals surface area contributed by atoms with E-state index in [0.29, 0.717) is 13.2 Å². The fourth-order valence-electron chi connectivity index (χ4n) is 2.38. The van der Waals surface area contributed by atoms with Gasteiger partial charge in [0, 0.05) is 18.2 Å². The van der Waals surface area contributed by atoms with Gasteiger partial charge in [0.1, 0.15) is 5.60 Å². The van der Waals surface area contributed by atoms with E-state index in [1.165, 1.54) is 11.1 Å². The summed E-state index contributed by atoms with van der Waals surface area (Å²) in [6.45, 7) is 3.24. The summed E-state index contributed by atoms with van der Waals surface area (Å²) in [5.41, 5.74) is 8.08. The number of hydrogen-bond donors (Lipinski definition) is 1. The molecule has 2 nitrogen and oxygen atoms in total. The van der Waals surface area contributed by atoms with Crippen LogP contribution < -0.4 is 5.73 Å². The van der Waals surface area contributed by atoms with Crippen LogP contribution >= 0.6 is 11.6 Å². The van der Waals surface area contributed by atoms with E-state index in [-0.39, 0.29) is 5.60 Å². The van der Waals surface area contributed by atoms with Gasteiger partial charge in [-0.3, -0.25) is 0 Å². The van der Waals surface area contributed by atoms with Crippen LogP contribution in [0.5, 0.6) is 0 Å². The van der Waals surface area contributed by atoms with E-state index in [0.717, 1.165) is 17.9 Å². The highest BCUT2D eigenvalue weighted by Gasteiger charge is 2.38. The second kappa shape index (κ2) is 4.12. The molecule has 0 aromatic heterocycles. The molecule has 0 radical (unpaired) electrons. The number of aryl methyl sites for hydroxylation is 1. The Morgan fingerprint density at radius 1 is 1.53 bits per heavy atom. The highest BCUT2D eigenvalue weighted by molar-refractivity contribution is 6.30. The number of nitrogens with two attached hydrogens (primary N) is 1. The van der Waals surface area contributed by atoms with Gasteiger partial charge in [0.05, 0.1) is 0 Å². The minimum atomic E-state index is -0.269. The monoisotopic (exact) mass is 225 g/mol. The highest BCUT2D eigenvalue weighted by atomic mass is 35.5. The van der Waals surface area contributed by atoms with Crippen molar-refractivity contribution in [3.63, 3.8) is 0 Å². The van der Waals surface area contributed by atoms with Crippen LogP contribution in [-0.4, -0.2) is 13.2 Å². The van der Waals surface area contributed by atoms with Gasteiger partial charge in [-0.05, 0) is 43.0 Å². The van der Waals surface area contributed by atoms with Crippen molar-refractivity contribution in [2.75, 3.05) is 13.2 Å². The van der Waals surface area contributed by atoms with Crippen LogP contribution in [0.4, 0.5) is 0 Å². The fraction of sp³-hybridized carbons (Fsp3) is 0.500. The van der Waals surface area contributed by atoms with Gasteiger partial charge in [0.25, 0.3) is 0 Å². The number of halogens is 1. The summed E-state index contributed by atoms with van der Waals surface area (Å²) < 4.78 is 5.84. The summed E-state index contributed by atoms with van der Waals surface area (Å²) in [5.74, 6) is 0. The zero-order valence-electron chi connectivity index (χ0n) is 8.92. The fourth-order valence-corrected chi connectivity index (χ4v) is 2.58. The first-order valence-corrected chi connectivity index (χ1v) is 5.72. The molecule has 0 bridgehead atoms. The van der Waals surface area contributed by atoms with Crippen molar-refractivity contribution in [3.8, 4) is 0 Å². The van der Waals surface area contributed by atoms with Crippen molar-refractivity contribution in [1.29, 1.82) is 0 Å². The Bertz CT molecular complexity index is 367. The van der Waals surface area contributed by atoms with Crippen LogP contribution in [-0.2, 0) is 16.8 Å². The molecule has 3 heteroatoms. The largest absolute Gasteiger partial charge is 0.369 e. The first-order valence-electron chi connectivity index (χ1n) is 5.35. The first kappa shape index (κ1) is 10.9. The average molecular weight is 226 g/mol. The summed E-state index contributed by atoms with van der Waals surface area (Å²) in [4.78, 5) is 0. The Kier molecular flexibility index (Phi) is 3.01. The zero-order chi connectivity index (χ0) is 10.9. The number of rotatable bonds is 3. The molecule has 0 heterocycles. The van der Waals surface area contributed by atoms with Gasteiger partial charge in [-0.2, -0.15) is 0 Å². The lowest BCUT2D eigenvalue weighted by Gasteiger charge is -2.28. The predicted molar refractivity (Wildman–Crippen MR) is 62.1 cm³/mol. The summed E-state index contributed by atoms with van der Waals surface area (Å²) in [6, 6.07) is 5.98. The van der Waals surface area contributed by atoms with Crippen LogP contribution in [0.15, 0.2) is 18.2 Å². The Morgan fingerprint density at radius 2 is 2.33 bits per heavy atom. The Hall–Kier alpha value is -0.570. The van der Waals surface area contributed by atoms with Gasteiger partial charge in [0.15, 0.2) is 0 Å².